The second kappa shape index (κ2) is 7.51. The first-order valence-electron chi connectivity index (χ1n) is 8.91. The summed E-state index contributed by atoms with van der Waals surface area (Å²) in [6.07, 6.45) is 2.04. The Morgan fingerprint density at radius 1 is 1.15 bits per heavy atom. The van der Waals surface area contributed by atoms with Crippen LogP contribution in [0.4, 0.5) is 0 Å². The topological polar surface area (TPSA) is 40.5 Å². The molecule has 3 nitrogen and oxygen atoms in total. The number of hydrogen-bond donors (Lipinski definition) is 1. The Bertz CT molecular complexity index is 679. The van der Waals surface area contributed by atoms with E-state index < -0.39 is 0 Å². The minimum Gasteiger partial charge on any atom is -0.507 e. The highest BCUT2D eigenvalue weighted by atomic mass is 32.2. The van der Waals surface area contributed by atoms with Gasteiger partial charge in [0.1, 0.15) is 11.0 Å². The van der Waals surface area contributed by atoms with Gasteiger partial charge in [-0.15, -0.1) is 0 Å². The van der Waals surface area contributed by atoms with Crippen LogP contribution in [-0.4, -0.2) is 34.5 Å². The van der Waals surface area contributed by atoms with Gasteiger partial charge in [-0.25, -0.2) is 0 Å². The summed E-state index contributed by atoms with van der Waals surface area (Å²) in [6.45, 7) is 17.3. The maximum absolute atomic E-state index is 13.0. The third-order valence-electron chi connectivity index (χ3n) is 4.62. The van der Waals surface area contributed by atoms with Crippen LogP contribution in [0, 0.1) is 0 Å². The van der Waals surface area contributed by atoms with Gasteiger partial charge in [0.25, 0.3) is 0 Å². The fourth-order valence-electron chi connectivity index (χ4n) is 3.09. The van der Waals surface area contributed by atoms with Gasteiger partial charge in [0.15, 0.2) is 0 Å². The van der Waals surface area contributed by atoms with Gasteiger partial charge in [0.2, 0.25) is 5.91 Å². The molecule has 0 spiro atoms. The number of carbonyl (C=O) groups excluding carboxylic acids is 1. The average molecular weight is 394 g/mol. The first-order valence-corrected chi connectivity index (χ1v) is 11.2. The van der Waals surface area contributed by atoms with E-state index in [4.69, 9.17) is 0 Å². The molecule has 5 heteroatoms. The van der Waals surface area contributed by atoms with Crippen molar-refractivity contribution in [2.45, 2.75) is 57.6 Å². The Hall–Kier alpha value is -1.07. The van der Waals surface area contributed by atoms with E-state index in [-0.39, 0.29) is 22.0 Å². The summed E-state index contributed by atoms with van der Waals surface area (Å²) in [5, 5.41) is 11.4. The van der Waals surface area contributed by atoms with Crippen molar-refractivity contribution < 1.29 is 9.90 Å². The van der Waals surface area contributed by atoms with Crippen LogP contribution in [0.15, 0.2) is 23.7 Å². The molecule has 144 valence electrons. The van der Waals surface area contributed by atoms with E-state index in [0.717, 1.165) is 27.5 Å². The van der Waals surface area contributed by atoms with Gasteiger partial charge < -0.3 is 10.0 Å². The lowest BCUT2D eigenvalue weighted by molar-refractivity contribution is -0.127. The van der Waals surface area contributed by atoms with Crippen molar-refractivity contribution in [3.8, 4) is 5.75 Å². The summed E-state index contributed by atoms with van der Waals surface area (Å²) < 4.78 is 0. The van der Waals surface area contributed by atoms with Gasteiger partial charge >= 0.3 is 0 Å². The Morgan fingerprint density at radius 2 is 1.65 bits per heavy atom. The normalized spacial score (nSPS) is 18.7. The largest absolute Gasteiger partial charge is 0.507 e. The SMILES string of the molecule is C=C1SC(c2cc(C(C)(C)C)c(O)c(C(C)(C)C)c2)C(=O)N1CCSC. The van der Waals surface area contributed by atoms with Crippen LogP contribution in [-0.2, 0) is 15.6 Å². The van der Waals surface area contributed by atoms with Crippen LogP contribution in [0.5, 0.6) is 5.75 Å². The van der Waals surface area contributed by atoms with Crippen molar-refractivity contribution in [2.75, 3.05) is 18.6 Å². The standard InChI is InChI=1S/C21H31NO2S2/c1-13-22(9-10-25-8)19(24)18(26-13)14-11-15(20(2,3)4)17(23)16(12-14)21(5,6)7/h11-12,18,23H,1,9-10H2,2-8H3. The molecule has 2 rings (SSSR count). The molecular weight excluding hydrogens is 362 g/mol. The molecule has 0 aromatic heterocycles. The van der Waals surface area contributed by atoms with E-state index in [1.165, 1.54) is 11.8 Å². The zero-order valence-electron chi connectivity index (χ0n) is 17.0. The number of amides is 1. The molecule has 1 aromatic carbocycles. The van der Waals surface area contributed by atoms with E-state index in [0.29, 0.717) is 12.3 Å². The van der Waals surface area contributed by atoms with Gasteiger partial charge in [0.05, 0.1) is 5.03 Å². The van der Waals surface area contributed by atoms with Crippen LogP contribution >= 0.6 is 23.5 Å². The number of thioether (sulfide) groups is 2. The van der Waals surface area contributed by atoms with Crippen molar-refractivity contribution in [3.05, 3.63) is 40.4 Å². The maximum Gasteiger partial charge on any atom is 0.245 e. The quantitative estimate of drug-likeness (QED) is 0.740. The van der Waals surface area contributed by atoms with E-state index >= 15 is 0 Å². The van der Waals surface area contributed by atoms with Crippen molar-refractivity contribution in [3.63, 3.8) is 0 Å². The average Bonchev–Trinajstić information content (AvgIpc) is 2.78. The molecule has 1 saturated heterocycles. The molecule has 1 fully saturated rings. The van der Waals surface area contributed by atoms with Crippen molar-refractivity contribution in [2.24, 2.45) is 0 Å². The van der Waals surface area contributed by atoms with Gasteiger partial charge in [-0.05, 0) is 45.9 Å². The Morgan fingerprint density at radius 3 is 2.08 bits per heavy atom. The third-order valence-corrected chi connectivity index (χ3v) is 6.41. The Kier molecular flexibility index (Phi) is 6.13. The molecule has 0 aliphatic carbocycles. The number of phenolic OH excluding ortho intramolecular Hbond substituents is 1. The highest BCUT2D eigenvalue weighted by Gasteiger charge is 2.38. The summed E-state index contributed by atoms with van der Waals surface area (Å²) in [5.41, 5.74) is 2.33. The minimum absolute atomic E-state index is 0.0967. The number of carbonyl (C=O) groups is 1. The van der Waals surface area contributed by atoms with Gasteiger partial charge in [-0.2, -0.15) is 11.8 Å². The molecule has 1 aliphatic rings. The van der Waals surface area contributed by atoms with Crippen LogP contribution in [0.3, 0.4) is 0 Å². The lowest BCUT2D eigenvalue weighted by atomic mass is 9.78. The molecule has 1 heterocycles. The summed E-state index contributed by atoms with van der Waals surface area (Å²) in [5.74, 6) is 1.34. The number of phenols is 1. The van der Waals surface area contributed by atoms with E-state index in [9.17, 15) is 9.90 Å². The van der Waals surface area contributed by atoms with E-state index in [1.54, 1.807) is 16.7 Å². The van der Waals surface area contributed by atoms with Crippen molar-refractivity contribution in [1.29, 1.82) is 0 Å². The molecule has 1 aromatic rings. The smallest absolute Gasteiger partial charge is 0.245 e. The van der Waals surface area contributed by atoms with Gasteiger partial charge in [-0.1, -0.05) is 59.9 Å². The highest BCUT2D eigenvalue weighted by Crippen LogP contribution is 2.48. The van der Waals surface area contributed by atoms with Crippen molar-refractivity contribution in [1.82, 2.24) is 4.90 Å². The van der Waals surface area contributed by atoms with Crippen LogP contribution < -0.4 is 0 Å². The minimum atomic E-state index is -0.285. The van der Waals surface area contributed by atoms with Crippen molar-refractivity contribution >= 4 is 29.4 Å². The summed E-state index contributed by atoms with van der Waals surface area (Å²) in [4.78, 5) is 14.8. The molecule has 1 atom stereocenters. The second-order valence-electron chi connectivity index (χ2n) is 8.84. The zero-order valence-corrected chi connectivity index (χ0v) is 18.6. The molecule has 1 N–H and O–H groups in total. The fraction of sp³-hybridized carbons (Fsp3) is 0.571. The number of nitrogens with zero attached hydrogens (tertiary/aromatic N) is 1. The maximum atomic E-state index is 13.0. The Balaban J connectivity index is 2.53. The van der Waals surface area contributed by atoms with Gasteiger partial charge in [0, 0.05) is 12.3 Å². The Labute approximate surface area is 166 Å². The second-order valence-corrected chi connectivity index (χ2v) is 11.0. The molecule has 0 bridgehead atoms. The summed E-state index contributed by atoms with van der Waals surface area (Å²) in [7, 11) is 0. The highest BCUT2D eigenvalue weighted by molar-refractivity contribution is 8.04. The summed E-state index contributed by atoms with van der Waals surface area (Å²) >= 11 is 3.25. The van der Waals surface area contributed by atoms with Crippen LogP contribution in [0.25, 0.3) is 0 Å². The number of hydrogen-bond acceptors (Lipinski definition) is 4. The molecule has 1 aliphatic heterocycles. The molecule has 0 radical (unpaired) electrons. The number of aromatic hydroxyl groups is 1. The van der Waals surface area contributed by atoms with E-state index in [2.05, 4.69) is 48.1 Å². The first-order chi connectivity index (χ1) is 11.9. The predicted molar refractivity (Wildman–Crippen MR) is 115 cm³/mol. The first kappa shape index (κ1) is 21.2. The monoisotopic (exact) mass is 393 g/mol. The fourth-order valence-corrected chi connectivity index (χ4v) is 4.54. The lowest BCUT2D eigenvalue weighted by Crippen LogP contribution is -2.28. The number of rotatable bonds is 4. The zero-order chi connectivity index (χ0) is 19.9. The molecule has 1 amide bonds. The number of benzene rings is 1. The molecule has 0 saturated carbocycles. The third kappa shape index (κ3) is 4.25. The van der Waals surface area contributed by atoms with E-state index in [1.807, 2.05) is 18.4 Å². The molecule has 26 heavy (non-hydrogen) atoms. The van der Waals surface area contributed by atoms with Crippen LogP contribution in [0.2, 0.25) is 0 Å². The van der Waals surface area contributed by atoms with Gasteiger partial charge in [-0.3, -0.25) is 4.79 Å². The molecule has 1 unspecified atom stereocenters. The molecular formula is C21H31NO2S2. The summed E-state index contributed by atoms with van der Waals surface area (Å²) in [6, 6.07) is 4.01. The lowest BCUT2D eigenvalue weighted by Gasteiger charge is -2.29. The predicted octanol–water partition coefficient (Wildman–Crippen LogP) is 5.44. The van der Waals surface area contributed by atoms with Crippen LogP contribution in [0.1, 0.15) is 63.5 Å².